The van der Waals surface area contributed by atoms with Gasteiger partial charge < -0.3 is 11.1 Å². The van der Waals surface area contributed by atoms with E-state index in [2.05, 4.69) is 43.4 Å². The van der Waals surface area contributed by atoms with Gasteiger partial charge in [-0.15, -0.1) is 0 Å². The molecule has 0 fully saturated rings. The first-order valence-corrected chi connectivity index (χ1v) is 8.20. The lowest BCUT2D eigenvalue weighted by molar-refractivity contribution is -0.123. The van der Waals surface area contributed by atoms with Crippen LogP contribution in [0, 0.1) is 13.8 Å². The molecule has 122 valence electrons. The van der Waals surface area contributed by atoms with Crippen LogP contribution in [0.2, 0.25) is 0 Å². The summed E-state index contributed by atoms with van der Waals surface area (Å²) in [7, 11) is 0. The maximum atomic E-state index is 12.4. The molecule has 0 aromatic heterocycles. The molecule has 0 aliphatic rings. The Morgan fingerprint density at radius 2 is 1.57 bits per heavy atom. The number of carbonyl (C=O) groups excluding carboxylic acids is 1. The number of hydrogen-bond acceptors (Lipinski definition) is 2. The van der Waals surface area contributed by atoms with Crippen molar-refractivity contribution in [1.29, 1.82) is 0 Å². The molecule has 1 amide bonds. The van der Waals surface area contributed by atoms with E-state index in [1.807, 2.05) is 31.2 Å². The second-order valence-electron chi connectivity index (χ2n) is 6.17. The van der Waals surface area contributed by atoms with Crippen molar-refractivity contribution >= 4 is 5.91 Å². The van der Waals surface area contributed by atoms with E-state index in [4.69, 9.17) is 5.73 Å². The third-order valence-corrected chi connectivity index (χ3v) is 3.97. The zero-order valence-corrected chi connectivity index (χ0v) is 14.2. The molecule has 0 saturated heterocycles. The highest BCUT2D eigenvalue weighted by Gasteiger charge is 2.20. The first-order chi connectivity index (χ1) is 11.0. The van der Waals surface area contributed by atoms with Gasteiger partial charge in [-0.05, 0) is 31.4 Å². The van der Waals surface area contributed by atoms with Gasteiger partial charge in [-0.1, -0.05) is 73.0 Å². The van der Waals surface area contributed by atoms with Crippen molar-refractivity contribution in [3.63, 3.8) is 0 Å². The van der Waals surface area contributed by atoms with E-state index in [0.29, 0.717) is 6.42 Å². The maximum absolute atomic E-state index is 12.4. The number of aryl methyl sites for hydroxylation is 2. The molecule has 1 atom stereocenters. The Balaban J connectivity index is 2.34. The fourth-order valence-corrected chi connectivity index (χ4v) is 2.75. The molecule has 3 nitrogen and oxygen atoms in total. The predicted octanol–water partition coefficient (Wildman–Crippen LogP) is 3.64. The third kappa shape index (κ3) is 4.67. The average molecular weight is 310 g/mol. The van der Waals surface area contributed by atoms with Crippen LogP contribution in [-0.2, 0) is 4.79 Å². The Morgan fingerprint density at radius 3 is 2.00 bits per heavy atom. The van der Waals surface area contributed by atoms with Crippen LogP contribution < -0.4 is 11.1 Å². The molecule has 3 N–H and O–H groups in total. The van der Waals surface area contributed by atoms with Crippen molar-refractivity contribution in [2.45, 2.75) is 45.7 Å². The second-order valence-corrected chi connectivity index (χ2v) is 6.17. The lowest BCUT2D eigenvalue weighted by atomic mass is 9.95. The minimum Gasteiger partial charge on any atom is -0.344 e. The molecular weight excluding hydrogens is 284 g/mol. The smallest absolute Gasteiger partial charge is 0.237 e. The zero-order chi connectivity index (χ0) is 16.8. The summed E-state index contributed by atoms with van der Waals surface area (Å²) in [5.41, 5.74) is 10.5. The number of nitrogens with one attached hydrogen (secondary N) is 1. The van der Waals surface area contributed by atoms with Crippen molar-refractivity contribution in [1.82, 2.24) is 5.32 Å². The van der Waals surface area contributed by atoms with Crippen LogP contribution in [0.15, 0.2) is 48.5 Å². The second kappa shape index (κ2) is 7.93. The molecule has 2 aromatic carbocycles. The first-order valence-electron chi connectivity index (χ1n) is 8.20. The Bertz CT molecular complexity index is 621. The van der Waals surface area contributed by atoms with Gasteiger partial charge in [0.05, 0.1) is 12.1 Å². The van der Waals surface area contributed by atoms with Crippen molar-refractivity contribution in [3.8, 4) is 0 Å². The van der Waals surface area contributed by atoms with E-state index in [9.17, 15) is 4.79 Å². The van der Waals surface area contributed by atoms with Gasteiger partial charge in [0, 0.05) is 0 Å². The molecule has 0 saturated carbocycles. The standard InChI is InChI=1S/C20H26N2O/c1-4-7-18(21)20(23)22-19(16-10-5-8-14(2)12-16)17-11-6-9-15(3)13-17/h5-6,8-13,18-19H,4,7,21H2,1-3H3,(H,22,23). The van der Waals surface area contributed by atoms with Crippen molar-refractivity contribution in [2.24, 2.45) is 5.73 Å². The summed E-state index contributed by atoms with van der Waals surface area (Å²) in [6.45, 7) is 6.15. The molecule has 0 bridgehead atoms. The van der Waals surface area contributed by atoms with Crippen molar-refractivity contribution in [2.75, 3.05) is 0 Å². The fraction of sp³-hybridized carbons (Fsp3) is 0.350. The molecule has 0 spiro atoms. The van der Waals surface area contributed by atoms with E-state index in [1.165, 1.54) is 11.1 Å². The molecular formula is C20H26N2O. The van der Waals surface area contributed by atoms with Gasteiger partial charge in [0.1, 0.15) is 0 Å². The van der Waals surface area contributed by atoms with E-state index >= 15 is 0 Å². The summed E-state index contributed by atoms with van der Waals surface area (Å²) < 4.78 is 0. The molecule has 2 aromatic rings. The fourth-order valence-electron chi connectivity index (χ4n) is 2.75. The molecule has 0 radical (unpaired) electrons. The van der Waals surface area contributed by atoms with Crippen LogP contribution in [0.5, 0.6) is 0 Å². The quantitative estimate of drug-likeness (QED) is 0.856. The highest BCUT2D eigenvalue weighted by atomic mass is 16.2. The molecule has 1 unspecified atom stereocenters. The summed E-state index contributed by atoms with van der Waals surface area (Å²) in [5.74, 6) is -0.0973. The monoisotopic (exact) mass is 310 g/mol. The predicted molar refractivity (Wildman–Crippen MR) is 95.2 cm³/mol. The highest BCUT2D eigenvalue weighted by molar-refractivity contribution is 5.82. The van der Waals surface area contributed by atoms with Crippen molar-refractivity contribution in [3.05, 3.63) is 70.8 Å². The van der Waals surface area contributed by atoms with Crippen LogP contribution in [0.25, 0.3) is 0 Å². The highest BCUT2D eigenvalue weighted by Crippen LogP contribution is 2.24. The average Bonchev–Trinajstić information content (AvgIpc) is 2.52. The Hall–Kier alpha value is -2.13. The molecule has 3 heteroatoms. The number of hydrogen-bond donors (Lipinski definition) is 2. The van der Waals surface area contributed by atoms with E-state index in [-0.39, 0.29) is 11.9 Å². The molecule has 23 heavy (non-hydrogen) atoms. The lowest BCUT2D eigenvalue weighted by Gasteiger charge is -2.22. The number of amides is 1. The van der Waals surface area contributed by atoms with Crippen LogP contribution in [-0.4, -0.2) is 11.9 Å². The van der Waals surface area contributed by atoms with Crippen LogP contribution in [0.4, 0.5) is 0 Å². The van der Waals surface area contributed by atoms with E-state index < -0.39 is 6.04 Å². The van der Waals surface area contributed by atoms with Crippen LogP contribution in [0.1, 0.15) is 48.1 Å². The van der Waals surface area contributed by atoms with Gasteiger partial charge >= 0.3 is 0 Å². The summed E-state index contributed by atoms with van der Waals surface area (Å²) in [6.07, 6.45) is 1.59. The molecule has 0 heterocycles. The van der Waals surface area contributed by atoms with E-state index in [0.717, 1.165) is 17.5 Å². The van der Waals surface area contributed by atoms with Crippen LogP contribution in [0.3, 0.4) is 0 Å². The summed E-state index contributed by atoms with van der Waals surface area (Å²) in [4.78, 5) is 12.4. The Labute approximate surface area is 138 Å². The maximum Gasteiger partial charge on any atom is 0.237 e. The van der Waals surface area contributed by atoms with Crippen molar-refractivity contribution < 1.29 is 4.79 Å². The minimum atomic E-state index is -0.461. The lowest BCUT2D eigenvalue weighted by Crippen LogP contribution is -2.42. The normalized spacial score (nSPS) is 12.2. The number of nitrogens with two attached hydrogens (primary N) is 1. The largest absolute Gasteiger partial charge is 0.344 e. The zero-order valence-electron chi connectivity index (χ0n) is 14.2. The van der Waals surface area contributed by atoms with Gasteiger partial charge in [-0.3, -0.25) is 4.79 Å². The Kier molecular flexibility index (Phi) is 5.94. The summed E-state index contributed by atoms with van der Waals surface area (Å²) >= 11 is 0. The van der Waals surface area contributed by atoms with Gasteiger partial charge in [-0.2, -0.15) is 0 Å². The van der Waals surface area contributed by atoms with Crippen LogP contribution >= 0.6 is 0 Å². The van der Waals surface area contributed by atoms with E-state index in [1.54, 1.807) is 0 Å². The number of rotatable bonds is 6. The minimum absolute atomic E-state index is 0.0973. The Morgan fingerprint density at radius 1 is 1.04 bits per heavy atom. The third-order valence-electron chi connectivity index (χ3n) is 3.97. The van der Waals surface area contributed by atoms with Gasteiger partial charge in [0.2, 0.25) is 5.91 Å². The topological polar surface area (TPSA) is 55.1 Å². The summed E-state index contributed by atoms with van der Waals surface area (Å²) in [5, 5.41) is 3.12. The number of benzene rings is 2. The molecule has 2 rings (SSSR count). The molecule has 0 aliphatic heterocycles. The van der Waals surface area contributed by atoms with Gasteiger partial charge in [0.15, 0.2) is 0 Å². The first kappa shape index (κ1) is 17.2. The molecule has 0 aliphatic carbocycles. The van der Waals surface area contributed by atoms with Gasteiger partial charge in [0.25, 0.3) is 0 Å². The van der Waals surface area contributed by atoms with Gasteiger partial charge in [-0.25, -0.2) is 0 Å². The SMILES string of the molecule is CCCC(N)C(=O)NC(c1cccc(C)c1)c1cccc(C)c1. The number of carbonyl (C=O) groups is 1. The summed E-state index contributed by atoms with van der Waals surface area (Å²) in [6, 6.07) is 15.8.